The van der Waals surface area contributed by atoms with Crippen LogP contribution < -0.4 is 15.8 Å². The van der Waals surface area contributed by atoms with Crippen LogP contribution in [-0.2, 0) is 11.3 Å². The van der Waals surface area contributed by atoms with Gasteiger partial charge in [0.05, 0.1) is 17.2 Å². The van der Waals surface area contributed by atoms with Gasteiger partial charge in [0.2, 0.25) is 5.91 Å². The molecule has 36 heavy (non-hydrogen) atoms. The van der Waals surface area contributed by atoms with E-state index in [9.17, 15) is 9.59 Å². The normalized spacial score (nSPS) is 13.7. The van der Waals surface area contributed by atoms with Gasteiger partial charge in [-0.1, -0.05) is 12.1 Å². The monoisotopic (exact) mass is 484 g/mol. The molecule has 1 N–H and O–H groups in total. The molecule has 3 aromatic heterocycles. The number of nitrogens with one attached hydrogen (secondary N) is 1. The zero-order valence-electron chi connectivity index (χ0n) is 20.4. The van der Waals surface area contributed by atoms with E-state index in [0.717, 1.165) is 17.2 Å². The Kier molecular flexibility index (Phi) is 6.57. The summed E-state index contributed by atoms with van der Waals surface area (Å²) in [6.07, 6.45) is 3.53. The summed E-state index contributed by atoms with van der Waals surface area (Å²) in [4.78, 5) is 47.3. The minimum atomic E-state index is -0.123. The van der Waals surface area contributed by atoms with Crippen LogP contribution in [-0.4, -0.2) is 61.5 Å². The van der Waals surface area contributed by atoms with Gasteiger partial charge in [-0.25, -0.2) is 19.9 Å². The first-order chi connectivity index (χ1) is 17.5. The van der Waals surface area contributed by atoms with Gasteiger partial charge in [-0.05, 0) is 43.7 Å². The highest BCUT2D eigenvalue weighted by atomic mass is 16.2. The Morgan fingerprint density at radius 3 is 2.58 bits per heavy atom. The van der Waals surface area contributed by atoms with Crippen LogP contribution in [0.15, 0.2) is 59.8 Å². The summed E-state index contributed by atoms with van der Waals surface area (Å²) in [5.41, 5.74) is 1.65. The summed E-state index contributed by atoms with van der Waals surface area (Å²) in [5.74, 6) is 2.93. The highest BCUT2D eigenvalue weighted by Crippen LogP contribution is 2.21. The first kappa shape index (κ1) is 23.4. The molecule has 4 heterocycles. The summed E-state index contributed by atoms with van der Waals surface area (Å²) in [5, 5.41) is 3.82. The van der Waals surface area contributed by atoms with Crippen molar-refractivity contribution in [2.24, 2.45) is 0 Å². The number of nitrogens with zero attached hydrogens (tertiary/aromatic N) is 7. The molecule has 184 valence electrons. The molecule has 1 aliphatic heterocycles. The van der Waals surface area contributed by atoms with Crippen LogP contribution in [0.2, 0.25) is 0 Å². The van der Waals surface area contributed by atoms with E-state index in [2.05, 4.69) is 30.2 Å². The van der Waals surface area contributed by atoms with E-state index >= 15 is 0 Å². The first-order valence-corrected chi connectivity index (χ1v) is 12.0. The number of carbonyl (C=O) groups is 1. The second-order valence-electron chi connectivity index (χ2n) is 8.88. The highest BCUT2D eigenvalue weighted by molar-refractivity contribution is 5.78. The Labute approximate surface area is 208 Å². The van der Waals surface area contributed by atoms with Crippen LogP contribution in [0.4, 0.5) is 17.5 Å². The number of rotatable bonds is 6. The maximum absolute atomic E-state index is 12.9. The van der Waals surface area contributed by atoms with Gasteiger partial charge in [-0.15, -0.1) is 0 Å². The molecule has 1 aliphatic rings. The van der Waals surface area contributed by atoms with Crippen molar-refractivity contribution in [3.63, 3.8) is 0 Å². The van der Waals surface area contributed by atoms with Gasteiger partial charge in [0.1, 0.15) is 23.3 Å². The number of anilines is 3. The quantitative estimate of drug-likeness (QED) is 0.445. The summed E-state index contributed by atoms with van der Waals surface area (Å²) in [6.45, 7) is 6.71. The van der Waals surface area contributed by atoms with Crippen molar-refractivity contribution in [1.82, 2.24) is 29.4 Å². The number of aryl methyl sites for hydroxylation is 3. The summed E-state index contributed by atoms with van der Waals surface area (Å²) in [7, 11) is 0. The van der Waals surface area contributed by atoms with Crippen LogP contribution in [0.1, 0.15) is 17.8 Å². The number of carbonyl (C=O) groups excluding carboxylic acids is 1. The van der Waals surface area contributed by atoms with Crippen LogP contribution in [0, 0.1) is 13.8 Å². The predicted octanol–water partition coefficient (Wildman–Crippen LogP) is 2.68. The average Bonchev–Trinajstić information content (AvgIpc) is 2.88. The molecule has 0 saturated carbocycles. The molecule has 0 atom stereocenters. The second kappa shape index (κ2) is 10.1. The van der Waals surface area contributed by atoms with E-state index < -0.39 is 0 Å². The molecule has 0 unspecified atom stereocenters. The summed E-state index contributed by atoms with van der Waals surface area (Å²) >= 11 is 0. The maximum Gasteiger partial charge on any atom is 0.261 e. The van der Waals surface area contributed by atoms with Crippen molar-refractivity contribution in [2.45, 2.75) is 26.8 Å². The number of aromatic nitrogens is 5. The standard InChI is InChI=1S/C26H28N8O2/c1-18-7-9-27-22(15-18)31-23-16-24(30-19(2)29-23)32-11-13-33(14-12-32)25(35)8-10-34-17-28-21-6-4-3-5-20(21)26(34)36/h3-7,9,15-17H,8,10-14H2,1-2H3,(H,27,29,30,31). The molecule has 0 bridgehead atoms. The Hall–Kier alpha value is -4.34. The molecule has 4 aromatic rings. The second-order valence-corrected chi connectivity index (χ2v) is 8.88. The Balaban J connectivity index is 1.19. The van der Waals surface area contributed by atoms with Gasteiger partial charge in [-0.3, -0.25) is 14.2 Å². The van der Waals surface area contributed by atoms with Gasteiger partial charge in [0.15, 0.2) is 0 Å². The van der Waals surface area contributed by atoms with Crippen molar-refractivity contribution in [2.75, 3.05) is 36.4 Å². The Morgan fingerprint density at radius 1 is 0.972 bits per heavy atom. The minimum absolute atomic E-state index is 0.0291. The number of piperazine rings is 1. The number of pyridine rings is 1. The number of benzene rings is 1. The molecule has 1 amide bonds. The molecular weight excluding hydrogens is 456 g/mol. The van der Waals surface area contributed by atoms with Gasteiger partial charge in [-0.2, -0.15) is 0 Å². The van der Waals surface area contributed by atoms with E-state index in [1.54, 1.807) is 12.3 Å². The van der Waals surface area contributed by atoms with Gasteiger partial charge >= 0.3 is 0 Å². The largest absolute Gasteiger partial charge is 0.353 e. The van der Waals surface area contributed by atoms with E-state index in [4.69, 9.17) is 0 Å². The molecule has 1 saturated heterocycles. The molecule has 5 rings (SSSR count). The lowest BCUT2D eigenvalue weighted by molar-refractivity contribution is -0.131. The number of para-hydroxylation sites is 1. The molecule has 0 spiro atoms. The Morgan fingerprint density at radius 2 is 1.78 bits per heavy atom. The van der Waals surface area contributed by atoms with E-state index in [1.165, 1.54) is 10.9 Å². The molecule has 10 heteroatoms. The zero-order valence-corrected chi connectivity index (χ0v) is 20.4. The van der Waals surface area contributed by atoms with E-state index in [-0.39, 0.29) is 17.9 Å². The molecule has 0 radical (unpaired) electrons. The third-order valence-corrected chi connectivity index (χ3v) is 6.25. The summed E-state index contributed by atoms with van der Waals surface area (Å²) in [6, 6.07) is 13.1. The molecule has 1 aromatic carbocycles. The third kappa shape index (κ3) is 5.17. The smallest absolute Gasteiger partial charge is 0.261 e. The minimum Gasteiger partial charge on any atom is -0.353 e. The fourth-order valence-electron chi connectivity index (χ4n) is 4.34. The van der Waals surface area contributed by atoms with Gasteiger partial charge in [0.25, 0.3) is 5.56 Å². The lowest BCUT2D eigenvalue weighted by Gasteiger charge is -2.35. The number of hydrogen-bond acceptors (Lipinski definition) is 8. The van der Waals surface area contributed by atoms with Gasteiger partial charge in [0, 0.05) is 51.4 Å². The van der Waals surface area contributed by atoms with Gasteiger partial charge < -0.3 is 15.1 Å². The van der Waals surface area contributed by atoms with Crippen molar-refractivity contribution in [1.29, 1.82) is 0 Å². The summed E-state index contributed by atoms with van der Waals surface area (Å²) < 4.78 is 1.51. The predicted molar refractivity (Wildman–Crippen MR) is 138 cm³/mol. The van der Waals surface area contributed by atoms with Crippen LogP contribution in [0.5, 0.6) is 0 Å². The van der Waals surface area contributed by atoms with E-state index in [0.29, 0.717) is 55.3 Å². The number of amides is 1. The van der Waals surface area contributed by atoms with Crippen LogP contribution >= 0.6 is 0 Å². The Bertz CT molecular complexity index is 1460. The first-order valence-electron chi connectivity index (χ1n) is 12.0. The molecule has 0 aliphatic carbocycles. The lowest BCUT2D eigenvalue weighted by Crippen LogP contribution is -2.49. The van der Waals surface area contributed by atoms with Crippen molar-refractivity contribution in [3.05, 3.63) is 76.7 Å². The molecule has 10 nitrogen and oxygen atoms in total. The maximum atomic E-state index is 12.9. The fraction of sp³-hybridized carbons (Fsp3) is 0.308. The lowest BCUT2D eigenvalue weighted by atomic mass is 10.2. The average molecular weight is 485 g/mol. The molecule has 1 fully saturated rings. The van der Waals surface area contributed by atoms with Crippen LogP contribution in [0.25, 0.3) is 10.9 Å². The highest BCUT2D eigenvalue weighted by Gasteiger charge is 2.22. The third-order valence-electron chi connectivity index (χ3n) is 6.25. The number of fused-ring (bicyclic) bond motifs is 1. The van der Waals surface area contributed by atoms with E-state index in [1.807, 2.05) is 55.1 Å². The van der Waals surface area contributed by atoms with Crippen molar-refractivity contribution >= 4 is 34.3 Å². The zero-order chi connectivity index (χ0) is 25.1. The molecular formula is C26H28N8O2. The van der Waals surface area contributed by atoms with Crippen molar-refractivity contribution in [3.8, 4) is 0 Å². The van der Waals surface area contributed by atoms with Crippen molar-refractivity contribution < 1.29 is 4.79 Å². The number of hydrogen-bond donors (Lipinski definition) is 1. The SMILES string of the molecule is Cc1ccnc(Nc2cc(N3CCN(C(=O)CCn4cnc5ccccc5c4=O)CC3)nc(C)n2)c1. The van der Waals surface area contributed by atoms with Crippen LogP contribution in [0.3, 0.4) is 0 Å². The topological polar surface area (TPSA) is 109 Å². The fourth-order valence-corrected chi connectivity index (χ4v) is 4.34.